The molecule has 0 saturated carbocycles. The van der Waals surface area contributed by atoms with Crippen LogP contribution in [0.4, 0.5) is 4.39 Å². The summed E-state index contributed by atoms with van der Waals surface area (Å²) < 4.78 is 18.9. The van der Waals surface area contributed by atoms with E-state index in [0.717, 1.165) is 11.9 Å². The second kappa shape index (κ2) is 4.81. The van der Waals surface area contributed by atoms with Gasteiger partial charge < -0.3 is 9.73 Å². The fourth-order valence-corrected chi connectivity index (χ4v) is 2.07. The SMILES string of the molecule is CCNC(c1ncn[nH]1)c1cc2cc(F)ccc2o1. The van der Waals surface area contributed by atoms with Gasteiger partial charge in [0.05, 0.1) is 0 Å². The van der Waals surface area contributed by atoms with Gasteiger partial charge in [0.1, 0.15) is 35.4 Å². The number of H-pyrrole nitrogens is 1. The lowest BCUT2D eigenvalue weighted by Crippen LogP contribution is -2.22. The molecule has 1 aromatic carbocycles. The molecule has 0 aliphatic heterocycles. The van der Waals surface area contributed by atoms with Gasteiger partial charge in [0, 0.05) is 5.39 Å². The first-order valence-electron chi connectivity index (χ1n) is 6.05. The predicted octanol–water partition coefficient (Wildman–Crippen LogP) is 2.39. The van der Waals surface area contributed by atoms with Gasteiger partial charge in [-0.25, -0.2) is 9.37 Å². The largest absolute Gasteiger partial charge is 0.459 e. The number of benzene rings is 1. The Morgan fingerprint density at radius 1 is 1.42 bits per heavy atom. The fraction of sp³-hybridized carbons (Fsp3) is 0.231. The summed E-state index contributed by atoms with van der Waals surface area (Å²) in [6, 6.07) is 6.05. The van der Waals surface area contributed by atoms with Crippen molar-refractivity contribution in [2.24, 2.45) is 0 Å². The normalized spacial score (nSPS) is 12.9. The van der Waals surface area contributed by atoms with Gasteiger partial charge in [-0.15, -0.1) is 0 Å². The van der Waals surface area contributed by atoms with E-state index in [1.54, 1.807) is 6.07 Å². The van der Waals surface area contributed by atoms with Crippen LogP contribution in [0.1, 0.15) is 24.6 Å². The van der Waals surface area contributed by atoms with E-state index in [1.807, 2.05) is 13.0 Å². The van der Waals surface area contributed by atoms with Gasteiger partial charge in [-0.2, -0.15) is 5.10 Å². The van der Waals surface area contributed by atoms with Crippen molar-refractivity contribution in [3.8, 4) is 0 Å². The molecule has 19 heavy (non-hydrogen) atoms. The molecule has 0 spiro atoms. The number of aromatic amines is 1. The molecule has 1 atom stereocenters. The van der Waals surface area contributed by atoms with Crippen molar-refractivity contribution >= 4 is 11.0 Å². The number of hydrogen-bond acceptors (Lipinski definition) is 4. The molecular weight excluding hydrogens is 247 g/mol. The number of rotatable bonds is 4. The molecule has 2 N–H and O–H groups in total. The molecule has 0 saturated heterocycles. The molecule has 0 bridgehead atoms. The third-order valence-electron chi connectivity index (χ3n) is 2.90. The Balaban J connectivity index is 2.05. The molecule has 1 unspecified atom stereocenters. The zero-order valence-electron chi connectivity index (χ0n) is 10.4. The second-order valence-electron chi connectivity index (χ2n) is 4.19. The quantitative estimate of drug-likeness (QED) is 0.756. The molecule has 0 radical (unpaired) electrons. The van der Waals surface area contributed by atoms with Gasteiger partial charge in [-0.05, 0) is 30.8 Å². The molecule has 2 heterocycles. The topological polar surface area (TPSA) is 66.7 Å². The number of hydrogen-bond donors (Lipinski definition) is 2. The molecule has 3 aromatic rings. The summed E-state index contributed by atoms with van der Waals surface area (Å²) in [7, 11) is 0. The van der Waals surface area contributed by atoms with Gasteiger partial charge in [-0.3, -0.25) is 5.10 Å². The summed E-state index contributed by atoms with van der Waals surface area (Å²) in [5.74, 6) is 1.07. The van der Waals surface area contributed by atoms with Crippen molar-refractivity contribution < 1.29 is 8.81 Å². The van der Waals surface area contributed by atoms with Crippen molar-refractivity contribution in [1.82, 2.24) is 20.5 Å². The number of nitrogens with zero attached hydrogens (tertiary/aromatic N) is 2. The maximum atomic E-state index is 13.2. The van der Waals surface area contributed by atoms with Crippen molar-refractivity contribution in [2.75, 3.05) is 6.54 Å². The number of nitrogens with one attached hydrogen (secondary N) is 2. The zero-order chi connectivity index (χ0) is 13.2. The van der Waals surface area contributed by atoms with Crippen LogP contribution in [0, 0.1) is 5.82 Å². The highest BCUT2D eigenvalue weighted by atomic mass is 19.1. The van der Waals surface area contributed by atoms with E-state index < -0.39 is 0 Å². The monoisotopic (exact) mass is 260 g/mol. The van der Waals surface area contributed by atoms with Gasteiger partial charge in [0.2, 0.25) is 0 Å². The molecule has 3 rings (SSSR count). The highest BCUT2D eigenvalue weighted by Crippen LogP contribution is 2.27. The van der Waals surface area contributed by atoms with E-state index in [2.05, 4.69) is 20.5 Å². The van der Waals surface area contributed by atoms with E-state index in [4.69, 9.17) is 4.42 Å². The maximum Gasteiger partial charge on any atom is 0.149 e. The van der Waals surface area contributed by atoms with Crippen molar-refractivity contribution in [1.29, 1.82) is 0 Å². The van der Waals surface area contributed by atoms with E-state index in [0.29, 0.717) is 17.2 Å². The van der Waals surface area contributed by atoms with E-state index in [1.165, 1.54) is 18.5 Å². The Bertz CT molecular complexity index is 677. The van der Waals surface area contributed by atoms with Crippen LogP contribution >= 0.6 is 0 Å². The molecular formula is C13H13FN4O. The molecule has 5 nitrogen and oxygen atoms in total. The van der Waals surface area contributed by atoms with E-state index in [-0.39, 0.29) is 11.9 Å². The summed E-state index contributed by atoms with van der Waals surface area (Å²) in [4.78, 5) is 4.14. The Morgan fingerprint density at radius 2 is 2.32 bits per heavy atom. The predicted molar refractivity (Wildman–Crippen MR) is 68.1 cm³/mol. The molecule has 0 aliphatic rings. The average molecular weight is 260 g/mol. The van der Waals surface area contributed by atoms with Crippen LogP contribution in [0.15, 0.2) is 35.0 Å². The van der Waals surface area contributed by atoms with E-state index in [9.17, 15) is 4.39 Å². The first-order valence-corrected chi connectivity index (χ1v) is 6.05. The summed E-state index contributed by atoms with van der Waals surface area (Å²) in [5.41, 5.74) is 0.652. The third kappa shape index (κ3) is 2.22. The van der Waals surface area contributed by atoms with Crippen LogP contribution in [-0.4, -0.2) is 21.7 Å². The average Bonchev–Trinajstić information content (AvgIpc) is 3.04. The zero-order valence-corrected chi connectivity index (χ0v) is 10.4. The fourth-order valence-electron chi connectivity index (χ4n) is 2.07. The standard InChI is InChI=1S/C13H13FN4O/c1-2-15-12(13-16-7-17-18-13)11-6-8-5-9(14)3-4-10(8)19-11/h3-7,12,15H,2H2,1H3,(H,16,17,18). The second-order valence-corrected chi connectivity index (χ2v) is 4.19. The lowest BCUT2D eigenvalue weighted by atomic mass is 10.2. The summed E-state index contributed by atoms with van der Waals surface area (Å²) in [6.45, 7) is 2.74. The lowest BCUT2D eigenvalue weighted by molar-refractivity contribution is 0.464. The van der Waals surface area contributed by atoms with Crippen LogP contribution in [0.3, 0.4) is 0 Å². The lowest BCUT2D eigenvalue weighted by Gasteiger charge is -2.11. The maximum absolute atomic E-state index is 13.2. The third-order valence-corrected chi connectivity index (χ3v) is 2.90. The van der Waals surface area contributed by atoms with Crippen LogP contribution in [0.2, 0.25) is 0 Å². The van der Waals surface area contributed by atoms with Crippen LogP contribution < -0.4 is 5.32 Å². The number of halogens is 1. The summed E-state index contributed by atoms with van der Waals surface area (Å²) in [6.07, 6.45) is 1.45. The number of fused-ring (bicyclic) bond motifs is 1. The Labute approximate surface area is 108 Å². The van der Waals surface area contributed by atoms with Gasteiger partial charge in [-0.1, -0.05) is 6.92 Å². The van der Waals surface area contributed by atoms with Gasteiger partial charge >= 0.3 is 0 Å². The molecule has 98 valence electrons. The number of aromatic nitrogens is 3. The highest BCUT2D eigenvalue weighted by Gasteiger charge is 2.20. The van der Waals surface area contributed by atoms with Gasteiger partial charge in [0.15, 0.2) is 0 Å². The molecule has 0 fully saturated rings. The first-order chi connectivity index (χ1) is 9.28. The van der Waals surface area contributed by atoms with Crippen molar-refractivity contribution in [2.45, 2.75) is 13.0 Å². The Morgan fingerprint density at radius 3 is 3.05 bits per heavy atom. The van der Waals surface area contributed by atoms with Crippen LogP contribution in [0.25, 0.3) is 11.0 Å². The molecule has 6 heteroatoms. The van der Waals surface area contributed by atoms with Crippen molar-refractivity contribution in [3.05, 3.63) is 48.0 Å². The summed E-state index contributed by atoms with van der Waals surface area (Å²) in [5, 5.41) is 10.6. The molecule has 0 aliphatic carbocycles. The minimum absolute atomic E-state index is 0.219. The Hall–Kier alpha value is -2.21. The minimum Gasteiger partial charge on any atom is -0.459 e. The molecule has 2 aromatic heterocycles. The van der Waals surface area contributed by atoms with Crippen LogP contribution in [-0.2, 0) is 0 Å². The van der Waals surface area contributed by atoms with Gasteiger partial charge in [0.25, 0.3) is 0 Å². The first kappa shape index (κ1) is 11.9. The highest BCUT2D eigenvalue weighted by molar-refractivity contribution is 5.78. The van der Waals surface area contributed by atoms with E-state index >= 15 is 0 Å². The Kier molecular flexibility index (Phi) is 3.00. The van der Waals surface area contributed by atoms with Crippen molar-refractivity contribution in [3.63, 3.8) is 0 Å². The van der Waals surface area contributed by atoms with Crippen LogP contribution in [0.5, 0.6) is 0 Å². The smallest absolute Gasteiger partial charge is 0.149 e. The summed E-state index contributed by atoms with van der Waals surface area (Å²) >= 11 is 0. The minimum atomic E-state index is -0.278. The number of furan rings is 1. The molecule has 0 amide bonds.